The first-order chi connectivity index (χ1) is 20.1. The predicted molar refractivity (Wildman–Crippen MR) is 170 cm³/mol. The molecule has 2 bridgehead atoms. The van der Waals surface area contributed by atoms with Crippen LogP contribution in [0.25, 0.3) is 10.8 Å². The van der Waals surface area contributed by atoms with Gasteiger partial charge >= 0.3 is 0 Å². The van der Waals surface area contributed by atoms with Crippen LogP contribution in [0.3, 0.4) is 0 Å². The maximum absolute atomic E-state index is 15.0. The van der Waals surface area contributed by atoms with Gasteiger partial charge in [-0.3, -0.25) is 14.4 Å². The molecule has 3 heterocycles. The molecule has 2 aromatic rings. The van der Waals surface area contributed by atoms with Crippen molar-refractivity contribution in [1.29, 1.82) is 0 Å². The molecule has 7 atom stereocenters. The Morgan fingerprint density at radius 1 is 1.12 bits per heavy atom. The number of fused-ring (bicyclic) bond motifs is 2. The van der Waals surface area contributed by atoms with Crippen molar-refractivity contribution in [3.63, 3.8) is 0 Å². The SMILES string of the molecule is C=CCN(C)C(=O)[C@H]1[C@H]2C(=O)N([C@@H](CO)[C@@H](C)CC)C(C(=O)N(CC=C)c3ccc4ccccc4c3)C23CC[C@]1(C)S3. The van der Waals surface area contributed by atoms with Gasteiger partial charge < -0.3 is 19.8 Å². The average molecular weight is 590 g/mol. The third-order valence-electron chi connectivity index (χ3n) is 9.96. The number of likely N-dealkylation sites (N-methyl/N-ethyl adjacent to an activating group) is 1. The average Bonchev–Trinajstić information content (AvgIpc) is 3.56. The van der Waals surface area contributed by atoms with Crippen LogP contribution in [0.4, 0.5) is 5.69 Å². The van der Waals surface area contributed by atoms with Gasteiger partial charge in [-0.05, 0) is 48.6 Å². The molecule has 0 aromatic heterocycles. The Morgan fingerprint density at radius 2 is 1.81 bits per heavy atom. The zero-order valence-electron chi connectivity index (χ0n) is 25.2. The first-order valence-electron chi connectivity index (χ1n) is 15.0. The van der Waals surface area contributed by atoms with Crippen molar-refractivity contribution in [2.24, 2.45) is 17.8 Å². The molecular weight excluding hydrogens is 546 g/mol. The molecule has 3 aliphatic rings. The van der Waals surface area contributed by atoms with Gasteiger partial charge in [0.25, 0.3) is 5.91 Å². The second-order valence-corrected chi connectivity index (χ2v) is 14.3. The highest BCUT2D eigenvalue weighted by atomic mass is 32.2. The number of aliphatic hydroxyl groups excluding tert-OH is 1. The largest absolute Gasteiger partial charge is 0.394 e. The highest BCUT2D eigenvalue weighted by Gasteiger charge is 2.78. The number of anilines is 1. The number of likely N-dealkylation sites (tertiary alicyclic amines) is 1. The molecular formula is C34H43N3O4S. The molecule has 2 aromatic carbocycles. The number of carbonyl (C=O) groups excluding carboxylic acids is 3. The van der Waals surface area contributed by atoms with E-state index in [0.29, 0.717) is 13.0 Å². The quantitative estimate of drug-likeness (QED) is 0.378. The van der Waals surface area contributed by atoms with E-state index in [0.717, 1.165) is 29.3 Å². The molecule has 3 amide bonds. The van der Waals surface area contributed by atoms with Crippen molar-refractivity contribution in [3.8, 4) is 0 Å². The molecule has 7 nitrogen and oxygen atoms in total. The Kier molecular flexibility index (Phi) is 8.33. The van der Waals surface area contributed by atoms with Crippen LogP contribution < -0.4 is 4.90 Å². The number of hydrogen-bond donors (Lipinski definition) is 1. The van der Waals surface area contributed by atoms with E-state index >= 15 is 0 Å². The Hall–Kier alpha value is -3.10. The third kappa shape index (κ3) is 4.58. The van der Waals surface area contributed by atoms with Crippen LogP contribution in [0.5, 0.6) is 0 Å². The summed E-state index contributed by atoms with van der Waals surface area (Å²) >= 11 is 1.66. The predicted octanol–water partition coefficient (Wildman–Crippen LogP) is 4.89. The lowest BCUT2D eigenvalue weighted by Gasteiger charge is -2.41. The molecule has 3 fully saturated rings. The summed E-state index contributed by atoms with van der Waals surface area (Å²) in [6.45, 7) is 14.3. The van der Waals surface area contributed by atoms with Gasteiger partial charge in [0, 0.05) is 30.6 Å². The highest BCUT2D eigenvalue weighted by molar-refractivity contribution is 8.02. The fourth-order valence-corrected chi connectivity index (χ4v) is 9.99. The second kappa shape index (κ2) is 11.5. The molecule has 1 N–H and O–H groups in total. The van der Waals surface area contributed by atoms with Crippen LogP contribution in [-0.4, -0.2) is 80.9 Å². The van der Waals surface area contributed by atoms with E-state index < -0.39 is 33.4 Å². The summed E-state index contributed by atoms with van der Waals surface area (Å²) in [6, 6.07) is 12.6. The second-order valence-electron chi connectivity index (χ2n) is 12.4. The molecule has 5 rings (SSSR count). The Labute approximate surface area is 253 Å². The lowest BCUT2D eigenvalue weighted by molar-refractivity contribution is -0.146. The Morgan fingerprint density at radius 3 is 2.45 bits per heavy atom. The zero-order valence-corrected chi connectivity index (χ0v) is 26.0. The summed E-state index contributed by atoms with van der Waals surface area (Å²) in [4.78, 5) is 48.6. The maximum atomic E-state index is 15.0. The summed E-state index contributed by atoms with van der Waals surface area (Å²) in [5.41, 5.74) is 0.733. The van der Waals surface area contributed by atoms with E-state index in [1.54, 1.807) is 45.7 Å². The summed E-state index contributed by atoms with van der Waals surface area (Å²) in [5, 5.41) is 12.8. The molecule has 8 heteroatoms. The number of nitrogens with zero attached hydrogens (tertiary/aromatic N) is 3. The third-order valence-corrected chi connectivity index (χ3v) is 11.9. The lowest BCUT2D eigenvalue weighted by Crippen LogP contribution is -2.58. The van der Waals surface area contributed by atoms with Crippen molar-refractivity contribution in [1.82, 2.24) is 9.80 Å². The van der Waals surface area contributed by atoms with Gasteiger partial charge in [-0.1, -0.05) is 62.8 Å². The highest BCUT2D eigenvalue weighted by Crippen LogP contribution is 2.72. The molecule has 2 unspecified atom stereocenters. The normalized spacial score (nSPS) is 29.3. The smallest absolute Gasteiger partial charge is 0.251 e. The number of thioether (sulfide) groups is 1. The van der Waals surface area contributed by atoms with Crippen molar-refractivity contribution in [2.45, 2.75) is 61.6 Å². The van der Waals surface area contributed by atoms with Gasteiger partial charge in [0.05, 0.1) is 29.2 Å². The molecule has 3 saturated heterocycles. The van der Waals surface area contributed by atoms with Gasteiger partial charge in [-0.2, -0.15) is 0 Å². The van der Waals surface area contributed by atoms with Crippen LogP contribution in [0.15, 0.2) is 67.8 Å². The molecule has 1 spiro atoms. The fourth-order valence-electron chi connectivity index (χ4n) is 7.66. The van der Waals surface area contributed by atoms with E-state index in [2.05, 4.69) is 20.1 Å². The first-order valence-corrected chi connectivity index (χ1v) is 15.8. The van der Waals surface area contributed by atoms with Crippen LogP contribution >= 0.6 is 11.8 Å². The van der Waals surface area contributed by atoms with Gasteiger partial charge in [-0.15, -0.1) is 24.9 Å². The monoisotopic (exact) mass is 589 g/mol. The standard InChI is InChI=1S/C34H43N3O4S/c1-7-18-35(6)30(39)27-28-31(40)37(26(21-38)22(4)9-3)29(34(28)17-16-33(27,5)42-34)32(41)36(19-8-2)25-15-14-23-12-10-11-13-24(23)20-25/h7-8,10-15,20,22,26-29,38H,1-2,9,16-19,21H2,3-6H3/t22-,26-,27+,28-,29?,33-,34?/m0/s1. The van der Waals surface area contributed by atoms with E-state index in [1.807, 2.05) is 56.3 Å². The van der Waals surface area contributed by atoms with Gasteiger partial charge in [0.2, 0.25) is 11.8 Å². The van der Waals surface area contributed by atoms with Crippen LogP contribution in [0, 0.1) is 17.8 Å². The minimum atomic E-state index is -0.818. The van der Waals surface area contributed by atoms with Crippen LogP contribution in [-0.2, 0) is 14.4 Å². The minimum absolute atomic E-state index is 0.0339. The zero-order chi connectivity index (χ0) is 30.4. The Balaban J connectivity index is 1.65. The Bertz CT molecular complexity index is 1410. The molecule has 0 radical (unpaired) electrons. The topological polar surface area (TPSA) is 81.2 Å². The number of carbonyl (C=O) groups is 3. The maximum Gasteiger partial charge on any atom is 0.251 e. The number of amides is 3. The van der Waals surface area contributed by atoms with Gasteiger partial charge in [-0.25, -0.2) is 0 Å². The van der Waals surface area contributed by atoms with E-state index in [1.165, 1.54) is 0 Å². The minimum Gasteiger partial charge on any atom is -0.394 e. The van der Waals surface area contributed by atoms with Crippen LogP contribution in [0.1, 0.15) is 40.0 Å². The van der Waals surface area contributed by atoms with Crippen molar-refractivity contribution < 1.29 is 19.5 Å². The number of benzene rings is 2. The van der Waals surface area contributed by atoms with Crippen molar-refractivity contribution in [3.05, 3.63) is 67.8 Å². The van der Waals surface area contributed by atoms with Crippen LogP contribution in [0.2, 0.25) is 0 Å². The molecule has 0 aliphatic carbocycles. The van der Waals surface area contributed by atoms with E-state index in [-0.39, 0.29) is 36.8 Å². The van der Waals surface area contributed by atoms with Crippen molar-refractivity contribution >= 4 is 45.9 Å². The molecule has 42 heavy (non-hydrogen) atoms. The summed E-state index contributed by atoms with van der Waals surface area (Å²) in [6.07, 6.45) is 5.53. The summed E-state index contributed by atoms with van der Waals surface area (Å²) < 4.78 is -1.23. The number of aliphatic hydroxyl groups is 1. The van der Waals surface area contributed by atoms with Crippen molar-refractivity contribution in [2.75, 3.05) is 31.6 Å². The first kappa shape index (κ1) is 30.4. The van der Waals surface area contributed by atoms with E-state index in [4.69, 9.17) is 0 Å². The van der Waals surface area contributed by atoms with Gasteiger partial charge in [0.15, 0.2) is 0 Å². The van der Waals surface area contributed by atoms with E-state index in [9.17, 15) is 19.5 Å². The number of rotatable bonds is 11. The molecule has 0 saturated carbocycles. The summed E-state index contributed by atoms with van der Waals surface area (Å²) in [7, 11) is 1.75. The fraction of sp³-hybridized carbons (Fsp3) is 0.500. The van der Waals surface area contributed by atoms with Gasteiger partial charge in [0.1, 0.15) is 6.04 Å². The number of hydrogen-bond acceptors (Lipinski definition) is 5. The lowest BCUT2D eigenvalue weighted by atomic mass is 9.66. The summed E-state index contributed by atoms with van der Waals surface area (Å²) in [5.74, 6) is -1.69. The molecule has 3 aliphatic heterocycles. The molecule has 224 valence electrons.